The van der Waals surface area contributed by atoms with Gasteiger partial charge in [-0.25, -0.2) is 13.1 Å². The van der Waals surface area contributed by atoms with Gasteiger partial charge in [0.05, 0.1) is 17.9 Å². The Kier molecular flexibility index (Phi) is 5.04. The lowest BCUT2D eigenvalue weighted by Gasteiger charge is -2.38. The highest BCUT2D eigenvalue weighted by Gasteiger charge is 2.37. The molecule has 0 aromatic heterocycles. The van der Waals surface area contributed by atoms with Crippen molar-refractivity contribution in [2.45, 2.75) is 38.1 Å². The molecular formula is C10H20ClNO3S. The predicted octanol–water partition coefficient (Wildman–Crippen LogP) is 1.09. The molecule has 0 aromatic rings. The largest absolute Gasteiger partial charge is 0.394 e. The average molecular weight is 270 g/mol. The van der Waals surface area contributed by atoms with Crippen LogP contribution < -0.4 is 4.72 Å². The Bertz CT molecular complexity index is 320. The fourth-order valence-corrected chi connectivity index (χ4v) is 4.24. The van der Waals surface area contributed by atoms with Gasteiger partial charge in [0, 0.05) is 5.88 Å². The lowest BCUT2D eigenvalue weighted by Crippen LogP contribution is -2.54. The maximum Gasteiger partial charge on any atom is 0.213 e. The Morgan fingerprint density at radius 1 is 1.56 bits per heavy atom. The van der Waals surface area contributed by atoms with Crippen molar-refractivity contribution in [2.75, 3.05) is 18.2 Å². The maximum atomic E-state index is 11.7. The third-order valence-corrected chi connectivity index (χ3v) is 5.01. The average Bonchev–Trinajstić information content (AvgIpc) is 2.16. The summed E-state index contributed by atoms with van der Waals surface area (Å²) in [4.78, 5) is 0. The van der Waals surface area contributed by atoms with Gasteiger partial charge in [-0.2, -0.15) is 0 Å². The van der Waals surface area contributed by atoms with Gasteiger partial charge in [0.25, 0.3) is 0 Å². The van der Waals surface area contributed by atoms with E-state index in [1.807, 2.05) is 0 Å². The van der Waals surface area contributed by atoms with Gasteiger partial charge in [0.1, 0.15) is 0 Å². The molecule has 0 aromatic carbocycles. The van der Waals surface area contributed by atoms with Gasteiger partial charge in [0.15, 0.2) is 0 Å². The normalized spacial score (nSPS) is 31.6. The summed E-state index contributed by atoms with van der Waals surface area (Å²) in [7, 11) is -3.37. The summed E-state index contributed by atoms with van der Waals surface area (Å²) < 4.78 is 26.0. The minimum atomic E-state index is -3.37. The lowest BCUT2D eigenvalue weighted by atomic mass is 9.78. The number of nitrogens with one attached hydrogen (secondary N) is 1. The number of hydrogen-bond acceptors (Lipinski definition) is 3. The van der Waals surface area contributed by atoms with Gasteiger partial charge in [-0.05, 0) is 18.8 Å². The van der Waals surface area contributed by atoms with Crippen LogP contribution in [-0.4, -0.2) is 37.3 Å². The highest BCUT2D eigenvalue weighted by atomic mass is 35.5. The van der Waals surface area contributed by atoms with Gasteiger partial charge >= 0.3 is 0 Å². The number of halogens is 1. The minimum Gasteiger partial charge on any atom is -0.394 e. The molecule has 96 valence electrons. The molecule has 16 heavy (non-hydrogen) atoms. The molecule has 0 spiro atoms. The SMILES string of the molecule is CC1CCCC(CO)(NS(=O)(=O)CCCl)C1. The van der Waals surface area contributed by atoms with Crippen molar-refractivity contribution < 1.29 is 13.5 Å². The zero-order chi connectivity index (χ0) is 12.2. The topological polar surface area (TPSA) is 66.4 Å². The molecule has 1 rings (SSSR count). The molecule has 2 atom stereocenters. The molecule has 2 N–H and O–H groups in total. The van der Waals surface area contributed by atoms with Crippen molar-refractivity contribution in [3.8, 4) is 0 Å². The Balaban J connectivity index is 2.73. The standard InChI is InChI=1S/C10H20ClNO3S/c1-9-3-2-4-10(7-9,8-13)12-16(14,15)6-5-11/h9,12-13H,2-8H2,1H3. The molecule has 1 aliphatic rings. The van der Waals surface area contributed by atoms with Crippen molar-refractivity contribution in [3.05, 3.63) is 0 Å². The first kappa shape index (κ1) is 14.2. The van der Waals surface area contributed by atoms with Crippen LogP contribution in [0.5, 0.6) is 0 Å². The van der Waals surface area contributed by atoms with Crippen LogP contribution in [0, 0.1) is 5.92 Å². The van der Waals surface area contributed by atoms with E-state index in [0.29, 0.717) is 18.8 Å². The maximum absolute atomic E-state index is 11.7. The van der Waals surface area contributed by atoms with Crippen molar-refractivity contribution >= 4 is 21.6 Å². The van der Waals surface area contributed by atoms with Crippen LogP contribution in [0.3, 0.4) is 0 Å². The second-order valence-electron chi connectivity index (χ2n) is 4.75. The van der Waals surface area contributed by atoms with Gasteiger partial charge in [0.2, 0.25) is 10.0 Å². The number of sulfonamides is 1. The minimum absolute atomic E-state index is 0.0758. The molecule has 4 nitrogen and oxygen atoms in total. The zero-order valence-electron chi connectivity index (χ0n) is 9.58. The smallest absolute Gasteiger partial charge is 0.213 e. The van der Waals surface area contributed by atoms with Crippen molar-refractivity contribution in [3.63, 3.8) is 0 Å². The van der Waals surface area contributed by atoms with Crippen LogP contribution in [0.4, 0.5) is 0 Å². The number of aliphatic hydroxyl groups is 1. The fourth-order valence-electron chi connectivity index (χ4n) is 2.41. The van der Waals surface area contributed by atoms with E-state index < -0.39 is 15.6 Å². The van der Waals surface area contributed by atoms with Crippen LogP contribution in [0.15, 0.2) is 0 Å². The summed E-state index contributed by atoms with van der Waals surface area (Å²) >= 11 is 5.44. The first-order valence-electron chi connectivity index (χ1n) is 5.61. The van der Waals surface area contributed by atoms with Gasteiger partial charge in [-0.1, -0.05) is 19.8 Å². The van der Waals surface area contributed by atoms with E-state index in [0.717, 1.165) is 12.8 Å². The Labute approximate surface area is 102 Å². The predicted molar refractivity (Wildman–Crippen MR) is 65.1 cm³/mol. The molecule has 2 unspecified atom stereocenters. The van der Waals surface area contributed by atoms with Crippen molar-refractivity contribution in [1.82, 2.24) is 4.72 Å². The number of rotatable bonds is 5. The summed E-state index contributed by atoms with van der Waals surface area (Å²) in [5, 5.41) is 9.43. The summed E-state index contributed by atoms with van der Waals surface area (Å²) in [6.07, 6.45) is 3.45. The zero-order valence-corrected chi connectivity index (χ0v) is 11.1. The summed E-state index contributed by atoms with van der Waals surface area (Å²) in [5.74, 6) is 0.427. The third-order valence-electron chi connectivity index (χ3n) is 3.11. The summed E-state index contributed by atoms with van der Waals surface area (Å²) in [5.41, 5.74) is -0.664. The molecule has 6 heteroatoms. The number of aliphatic hydroxyl groups excluding tert-OH is 1. The summed E-state index contributed by atoms with van der Waals surface area (Å²) in [6.45, 7) is 1.94. The Morgan fingerprint density at radius 3 is 2.75 bits per heavy atom. The molecule has 0 bridgehead atoms. The molecule has 0 saturated heterocycles. The van der Waals surface area contributed by atoms with E-state index >= 15 is 0 Å². The molecule has 0 amide bonds. The number of hydrogen-bond donors (Lipinski definition) is 2. The van der Waals surface area contributed by atoms with Crippen LogP contribution in [-0.2, 0) is 10.0 Å². The van der Waals surface area contributed by atoms with E-state index in [-0.39, 0.29) is 18.2 Å². The van der Waals surface area contributed by atoms with Crippen LogP contribution >= 0.6 is 11.6 Å². The highest BCUT2D eigenvalue weighted by molar-refractivity contribution is 7.89. The lowest BCUT2D eigenvalue weighted by molar-refractivity contribution is 0.120. The molecule has 1 saturated carbocycles. The third kappa shape index (κ3) is 3.87. The van der Waals surface area contributed by atoms with E-state index in [4.69, 9.17) is 11.6 Å². The van der Waals surface area contributed by atoms with Crippen LogP contribution in [0.2, 0.25) is 0 Å². The molecule has 1 fully saturated rings. The van der Waals surface area contributed by atoms with Gasteiger partial charge in [-0.15, -0.1) is 11.6 Å². The highest BCUT2D eigenvalue weighted by Crippen LogP contribution is 2.32. The van der Waals surface area contributed by atoms with Gasteiger partial charge in [-0.3, -0.25) is 0 Å². The fraction of sp³-hybridized carbons (Fsp3) is 1.00. The molecule has 1 aliphatic carbocycles. The monoisotopic (exact) mass is 269 g/mol. The molecule has 0 heterocycles. The molecule has 0 aliphatic heterocycles. The second kappa shape index (κ2) is 5.67. The van der Waals surface area contributed by atoms with Crippen molar-refractivity contribution in [1.29, 1.82) is 0 Å². The number of alkyl halides is 1. The molecule has 0 radical (unpaired) electrons. The summed E-state index contributed by atoms with van der Waals surface area (Å²) in [6, 6.07) is 0. The Morgan fingerprint density at radius 2 is 2.25 bits per heavy atom. The van der Waals surface area contributed by atoms with Crippen molar-refractivity contribution in [2.24, 2.45) is 5.92 Å². The van der Waals surface area contributed by atoms with Crippen LogP contribution in [0.1, 0.15) is 32.6 Å². The first-order chi connectivity index (χ1) is 7.43. The first-order valence-corrected chi connectivity index (χ1v) is 7.80. The van der Waals surface area contributed by atoms with E-state index in [1.54, 1.807) is 0 Å². The molecular weight excluding hydrogens is 250 g/mol. The second-order valence-corrected chi connectivity index (χ2v) is 6.97. The quantitative estimate of drug-likeness (QED) is 0.734. The van der Waals surface area contributed by atoms with Gasteiger partial charge < -0.3 is 5.11 Å². The van der Waals surface area contributed by atoms with E-state index in [9.17, 15) is 13.5 Å². The van der Waals surface area contributed by atoms with Crippen LogP contribution in [0.25, 0.3) is 0 Å². The Hall–Kier alpha value is 0.160. The van der Waals surface area contributed by atoms with E-state index in [1.165, 1.54) is 0 Å². The van der Waals surface area contributed by atoms with E-state index in [2.05, 4.69) is 11.6 Å².